The zero-order valence-corrected chi connectivity index (χ0v) is 36.4. The number of phosphoric acid groups is 1. The van der Waals surface area contributed by atoms with Crippen molar-refractivity contribution >= 4 is 19.8 Å². The molecule has 0 aliphatic carbocycles. The predicted molar refractivity (Wildman–Crippen MR) is 238 cm³/mol. The molecule has 0 heterocycles. The van der Waals surface area contributed by atoms with E-state index in [0.717, 1.165) is 77.0 Å². The molecule has 0 saturated carbocycles. The number of rotatable bonds is 39. The molecular weight excluding hydrogens is 737 g/mol. The van der Waals surface area contributed by atoms with Gasteiger partial charge in [0.15, 0.2) is 6.10 Å². The molecule has 0 spiro atoms. The number of phosphoric ester groups is 1. The van der Waals surface area contributed by atoms with Gasteiger partial charge in [0.2, 0.25) is 0 Å². The van der Waals surface area contributed by atoms with Crippen molar-refractivity contribution < 1.29 is 37.6 Å². The molecule has 0 amide bonds. The molecule has 2 atom stereocenters. The number of esters is 2. The molecule has 10 heteroatoms. The summed E-state index contributed by atoms with van der Waals surface area (Å²) < 4.78 is 32.7. The van der Waals surface area contributed by atoms with Crippen molar-refractivity contribution in [3.8, 4) is 0 Å². The molecule has 57 heavy (non-hydrogen) atoms. The SMILES string of the molecule is CCC=CCC=CCC=CCC=CCC=CCCCCCC(=O)O[C@H](COC(=O)CCCC=CCC=CCC=CCCCCCCCC)COP(=O)(O)OCCN. The quantitative estimate of drug-likeness (QED) is 0.0269. The molecule has 0 aliphatic heterocycles. The molecule has 0 rings (SSSR count). The lowest BCUT2D eigenvalue weighted by molar-refractivity contribution is -0.161. The summed E-state index contributed by atoms with van der Waals surface area (Å²) in [7, 11) is -4.40. The van der Waals surface area contributed by atoms with Crippen LogP contribution in [0.2, 0.25) is 0 Å². The lowest BCUT2D eigenvalue weighted by Crippen LogP contribution is -2.29. The molecule has 0 aromatic carbocycles. The van der Waals surface area contributed by atoms with Crippen molar-refractivity contribution in [2.45, 2.75) is 161 Å². The summed E-state index contributed by atoms with van der Waals surface area (Å²) in [6, 6.07) is 0. The van der Waals surface area contributed by atoms with E-state index in [2.05, 4.69) is 105 Å². The van der Waals surface area contributed by atoms with Crippen molar-refractivity contribution in [1.29, 1.82) is 0 Å². The second-order valence-corrected chi connectivity index (χ2v) is 15.3. The molecule has 324 valence electrons. The fraction of sp³-hybridized carbons (Fsp3) is 0.617. The average Bonchev–Trinajstić information content (AvgIpc) is 3.20. The number of carbonyl (C=O) groups is 2. The third-order valence-corrected chi connectivity index (χ3v) is 9.44. The Balaban J connectivity index is 4.33. The first kappa shape index (κ1) is 53.9. The fourth-order valence-corrected chi connectivity index (χ4v) is 6.03. The van der Waals surface area contributed by atoms with Gasteiger partial charge >= 0.3 is 19.8 Å². The number of hydrogen-bond donors (Lipinski definition) is 2. The standard InChI is InChI=1S/C47H78NO8P/c1-3-5-7-9-11-13-15-17-19-21-22-24-26-28-30-32-34-36-38-40-47(50)56-45(44-55-57(51,52)54-42-41-48)43-53-46(49)39-37-35-33-31-29-27-25-23-20-18-16-14-12-10-8-6-4-2/h5,7,11,13,17-20,22,24-25,27-28,30-31,33,45H,3-4,6,8-10,12,14-16,21,23,26,29,32,34-44,48H2,1-2H3,(H,51,52)/t45-/m1/s1. The van der Waals surface area contributed by atoms with Gasteiger partial charge in [0, 0.05) is 19.4 Å². The number of carbonyl (C=O) groups excluding carboxylic acids is 2. The van der Waals surface area contributed by atoms with Crippen LogP contribution in [0.5, 0.6) is 0 Å². The summed E-state index contributed by atoms with van der Waals surface area (Å²) in [5.41, 5.74) is 5.34. The van der Waals surface area contributed by atoms with E-state index in [1.165, 1.54) is 38.5 Å². The molecule has 0 bridgehead atoms. The number of unbranched alkanes of at least 4 members (excludes halogenated alkanes) is 10. The van der Waals surface area contributed by atoms with E-state index in [9.17, 15) is 19.0 Å². The first-order valence-electron chi connectivity index (χ1n) is 21.7. The van der Waals surface area contributed by atoms with Crippen LogP contribution in [0.15, 0.2) is 97.2 Å². The van der Waals surface area contributed by atoms with Crippen LogP contribution < -0.4 is 5.73 Å². The lowest BCUT2D eigenvalue weighted by Gasteiger charge is -2.19. The third kappa shape index (κ3) is 42.4. The van der Waals surface area contributed by atoms with Crippen LogP contribution in [0.3, 0.4) is 0 Å². The molecule has 0 aromatic rings. The Bertz CT molecular complexity index is 1250. The van der Waals surface area contributed by atoms with E-state index < -0.39 is 32.5 Å². The van der Waals surface area contributed by atoms with Crippen LogP contribution in [-0.2, 0) is 32.7 Å². The third-order valence-electron chi connectivity index (χ3n) is 8.45. The number of nitrogens with two attached hydrogens (primary N) is 1. The Hall–Kier alpha value is -3.07. The van der Waals surface area contributed by atoms with Crippen LogP contribution in [0, 0.1) is 0 Å². The molecule has 0 aliphatic rings. The Morgan fingerprint density at radius 2 is 0.982 bits per heavy atom. The Morgan fingerprint density at radius 3 is 1.49 bits per heavy atom. The van der Waals surface area contributed by atoms with Gasteiger partial charge in [-0.15, -0.1) is 0 Å². The van der Waals surface area contributed by atoms with Crippen LogP contribution in [0.25, 0.3) is 0 Å². The minimum atomic E-state index is -4.40. The monoisotopic (exact) mass is 816 g/mol. The van der Waals surface area contributed by atoms with Crippen LogP contribution in [-0.4, -0.2) is 49.3 Å². The fourth-order valence-electron chi connectivity index (χ4n) is 5.26. The topological polar surface area (TPSA) is 134 Å². The second kappa shape index (κ2) is 42.5. The predicted octanol–water partition coefficient (Wildman–Crippen LogP) is 12.6. The molecule has 3 N–H and O–H groups in total. The van der Waals surface area contributed by atoms with Gasteiger partial charge in [0.25, 0.3) is 0 Å². The van der Waals surface area contributed by atoms with Crippen molar-refractivity contribution in [1.82, 2.24) is 0 Å². The zero-order valence-electron chi connectivity index (χ0n) is 35.5. The maximum Gasteiger partial charge on any atom is 0.472 e. The summed E-state index contributed by atoms with van der Waals surface area (Å²) in [6.07, 6.45) is 54.5. The van der Waals surface area contributed by atoms with Gasteiger partial charge in [-0.3, -0.25) is 18.6 Å². The first-order chi connectivity index (χ1) is 27.8. The number of hydrogen-bond acceptors (Lipinski definition) is 8. The summed E-state index contributed by atoms with van der Waals surface area (Å²) in [6.45, 7) is 3.49. The van der Waals surface area contributed by atoms with Gasteiger partial charge in [0.05, 0.1) is 13.2 Å². The van der Waals surface area contributed by atoms with Gasteiger partial charge in [-0.2, -0.15) is 0 Å². The van der Waals surface area contributed by atoms with Crippen molar-refractivity contribution in [2.24, 2.45) is 5.73 Å². The molecule has 0 radical (unpaired) electrons. The van der Waals surface area contributed by atoms with Gasteiger partial charge in [-0.25, -0.2) is 4.57 Å². The number of allylic oxidation sites excluding steroid dienone is 16. The molecular formula is C47H78NO8P. The van der Waals surface area contributed by atoms with E-state index in [1.807, 2.05) is 6.08 Å². The van der Waals surface area contributed by atoms with Gasteiger partial charge in [-0.1, -0.05) is 150 Å². The number of ether oxygens (including phenoxy) is 2. The highest BCUT2D eigenvalue weighted by Crippen LogP contribution is 2.43. The summed E-state index contributed by atoms with van der Waals surface area (Å²) in [5, 5.41) is 0. The first-order valence-corrected chi connectivity index (χ1v) is 23.2. The smallest absolute Gasteiger partial charge is 0.462 e. The zero-order chi connectivity index (χ0) is 41.8. The van der Waals surface area contributed by atoms with E-state index >= 15 is 0 Å². The summed E-state index contributed by atoms with van der Waals surface area (Å²) in [4.78, 5) is 34.8. The summed E-state index contributed by atoms with van der Waals surface area (Å²) in [5.74, 6) is -0.938. The minimum Gasteiger partial charge on any atom is -0.462 e. The maximum absolute atomic E-state index is 12.6. The van der Waals surface area contributed by atoms with Gasteiger partial charge in [0.1, 0.15) is 6.61 Å². The van der Waals surface area contributed by atoms with E-state index in [0.29, 0.717) is 12.8 Å². The van der Waals surface area contributed by atoms with Crippen LogP contribution >= 0.6 is 7.82 Å². The van der Waals surface area contributed by atoms with E-state index in [4.69, 9.17) is 24.3 Å². The highest BCUT2D eigenvalue weighted by Gasteiger charge is 2.25. The largest absolute Gasteiger partial charge is 0.472 e. The van der Waals surface area contributed by atoms with E-state index in [1.54, 1.807) is 0 Å². The van der Waals surface area contributed by atoms with Gasteiger partial charge in [-0.05, 0) is 89.9 Å². The second-order valence-electron chi connectivity index (χ2n) is 13.8. The summed E-state index contributed by atoms with van der Waals surface area (Å²) >= 11 is 0. The Kier molecular flexibility index (Phi) is 40.2. The maximum atomic E-state index is 12.6. The van der Waals surface area contributed by atoms with Crippen molar-refractivity contribution in [3.63, 3.8) is 0 Å². The average molecular weight is 816 g/mol. The molecule has 9 nitrogen and oxygen atoms in total. The van der Waals surface area contributed by atoms with Gasteiger partial charge < -0.3 is 20.1 Å². The Labute approximate surface area is 346 Å². The highest BCUT2D eigenvalue weighted by atomic mass is 31.2. The Morgan fingerprint density at radius 1 is 0.544 bits per heavy atom. The normalized spacial score (nSPS) is 14.2. The lowest BCUT2D eigenvalue weighted by atomic mass is 10.1. The van der Waals surface area contributed by atoms with Crippen molar-refractivity contribution in [3.05, 3.63) is 97.2 Å². The van der Waals surface area contributed by atoms with Crippen molar-refractivity contribution in [2.75, 3.05) is 26.4 Å². The minimum absolute atomic E-state index is 0.0356. The molecule has 0 aromatic heterocycles. The molecule has 0 fully saturated rings. The molecule has 1 unspecified atom stereocenters. The van der Waals surface area contributed by atoms with Crippen LogP contribution in [0.1, 0.15) is 155 Å². The van der Waals surface area contributed by atoms with E-state index in [-0.39, 0.29) is 32.6 Å². The van der Waals surface area contributed by atoms with Crippen LogP contribution in [0.4, 0.5) is 0 Å². The molecule has 0 saturated heterocycles. The highest BCUT2D eigenvalue weighted by molar-refractivity contribution is 7.47.